The minimum absolute atomic E-state index is 0.0306. The van der Waals surface area contributed by atoms with Crippen molar-refractivity contribution in [3.63, 3.8) is 0 Å². The van der Waals surface area contributed by atoms with Crippen LogP contribution in [0.4, 0.5) is 5.69 Å². The van der Waals surface area contributed by atoms with Crippen LogP contribution >= 0.6 is 0 Å². The molecular weight excluding hydrogens is 374 g/mol. The zero-order chi connectivity index (χ0) is 21.3. The summed E-state index contributed by atoms with van der Waals surface area (Å²) in [5.41, 5.74) is 1.61. The first-order chi connectivity index (χ1) is 13.8. The minimum Gasteiger partial charge on any atom is -0.508 e. The van der Waals surface area contributed by atoms with E-state index in [9.17, 15) is 19.5 Å². The van der Waals surface area contributed by atoms with E-state index in [0.717, 1.165) is 0 Å². The molecule has 3 rings (SSSR count). The lowest BCUT2D eigenvalue weighted by molar-refractivity contribution is -0.117. The zero-order valence-electron chi connectivity index (χ0n) is 16.6. The van der Waals surface area contributed by atoms with Gasteiger partial charge in [0.05, 0.1) is 30.3 Å². The lowest BCUT2D eigenvalue weighted by Crippen LogP contribution is -2.31. The fraction of sp³-hybridized carbons (Fsp3) is 0.227. The Labute approximate surface area is 167 Å². The van der Waals surface area contributed by atoms with Crippen LogP contribution in [0.3, 0.4) is 0 Å². The molecule has 1 aromatic heterocycles. The van der Waals surface area contributed by atoms with Gasteiger partial charge in [-0.25, -0.2) is 9.59 Å². The molecule has 0 saturated heterocycles. The molecule has 0 spiro atoms. The van der Waals surface area contributed by atoms with Gasteiger partial charge in [-0.15, -0.1) is 0 Å². The van der Waals surface area contributed by atoms with Crippen molar-refractivity contribution in [2.45, 2.75) is 20.3 Å². The van der Waals surface area contributed by atoms with Crippen molar-refractivity contribution in [2.24, 2.45) is 0 Å². The summed E-state index contributed by atoms with van der Waals surface area (Å²) in [4.78, 5) is 38.7. The molecule has 0 aliphatic heterocycles. The first-order valence-electron chi connectivity index (χ1n) is 8.95. The van der Waals surface area contributed by atoms with Gasteiger partial charge in [0.2, 0.25) is 5.91 Å². The summed E-state index contributed by atoms with van der Waals surface area (Å²) < 4.78 is 10.2. The number of hydrogen-bond acceptors (Lipinski definition) is 6. The molecule has 0 aliphatic carbocycles. The minimum atomic E-state index is -0.633. The molecule has 1 amide bonds. The molecule has 29 heavy (non-hydrogen) atoms. The van der Waals surface area contributed by atoms with Crippen molar-refractivity contribution in [3.8, 4) is 5.75 Å². The van der Waals surface area contributed by atoms with Crippen molar-refractivity contribution < 1.29 is 23.8 Å². The number of phenols is 1. The normalized spacial score (nSPS) is 10.8. The van der Waals surface area contributed by atoms with Crippen molar-refractivity contribution >= 4 is 28.5 Å². The number of aryl methyl sites for hydroxylation is 2. The molecule has 0 bridgehead atoms. The van der Waals surface area contributed by atoms with E-state index >= 15 is 0 Å². The summed E-state index contributed by atoms with van der Waals surface area (Å²) in [5.74, 6) is -0.911. The lowest BCUT2D eigenvalue weighted by atomic mass is 10.0. The first-order valence-corrected chi connectivity index (χ1v) is 8.95. The molecule has 7 heteroatoms. The summed E-state index contributed by atoms with van der Waals surface area (Å²) in [6, 6.07) is 9.75. The van der Waals surface area contributed by atoms with Gasteiger partial charge in [-0.05, 0) is 43.7 Å². The Hall–Kier alpha value is -3.61. The fourth-order valence-corrected chi connectivity index (χ4v) is 3.24. The molecular formula is C22H21NO6. The number of fused-ring (bicyclic) bond motifs is 1. The Kier molecular flexibility index (Phi) is 5.41. The largest absolute Gasteiger partial charge is 0.508 e. The van der Waals surface area contributed by atoms with Gasteiger partial charge < -0.3 is 19.2 Å². The second-order valence-corrected chi connectivity index (χ2v) is 6.72. The smallest absolute Gasteiger partial charge is 0.340 e. The highest BCUT2D eigenvalue weighted by Gasteiger charge is 2.22. The third kappa shape index (κ3) is 3.59. The van der Waals surface area contributed by atoms with Crippen LogP contribution in [0.5, 0.6) is 5.75 Å². The predicted molar refractivity (Wildman–Crippen MR) is 109 cm³/mol. The Morgan fingerprint density at radius 1 is 1.10 bits per heavy atom. The van der Waals surface area contributed by atoms with Crippen LogP contribution in [-0.2, 0) is 16.0 Å². The number of para-hydroxylation sites is 1. The molecule has 0 saturated carbocycles. The Bertz CT molecular complexity index is 1180. The molecule has 150 valence electrons. The van der Waals surface area contributed by atoms with E-state index < -0.39 is 11.6 Å². The fourth-order valence-electron chi connectivity index (χ4n) is 3.24. The molecule has 0 aliphatic rings. The molecule has 1 N–H and O–H groups in total. The third-order valence-electron chi connectivity index (χ3n) is 5.05. The number of hydrogen-bond donors (Lipinski definition) is 1. The maximum absolute atomic E-state index is 12.9. The average molecular weight is 395 g/mol. The Morgan fingerprint density at radius 2 is 1.79 bits per heavy atom. The molecule has 0 fully saturated rings. The van der Waals surface area contributed by atoms with Crippen LogP contribution in [-0.4, -0.2) is 31.1 Å². The van der Waals surface area contributed by atoms with E-state index in [2.05, 4.69) is 0 Å². The molecule has 0 atom stereocenters. The lowest BCUT2D eigenvalue weighted by Gasteiger charge is -2.20. The summed E-state index contributed by atoms with van der Waals surface area (Å²) in [7, 11) is 2.80. The number of esters is 1. The van der Waals surface area contributed by atoms with Gasteiger partial charge in [0.15, 0.2) is 0 Å². The van der Waals surface area contributed by atoms with Gasteiger partial charge in [0.25, 0.3) is 0 Å². The third-order valence-corrected chi connectivity index (χ3v) is 5.05. The number of anilines is 1. The van der Waals surface area contributed by atoms with Crippen LogP contribution in [0.15, 0.2) is 45.6 Å². The number of methoxy groups -OCH3 is 1. The Morgan fingerprint density at radius 3 is 2.48 bits per heavy atom. The molecule has 2 aromatic carbocycles. The predicted octanol–water partition coefficient (Wildman–Crippen LogP) is 3.11. The molecule has 0 unspecified atom stereocenters. The van der Waals surface area contributed by atoms with Gasteiger partial charge >= 0.3 is 11.6 Å². The number of ether oxygens (including phenoxy) is 1. The van der Waals surface area contributed by atoms with Gasteiger partial charge in [-0.3, -0.25) is 4.79 Å². The summed E-state index contributed by atoms with van der Waals surface area (Å²) in [6.07, 6.45) is -0.198. The molecule has 7 nitrogen and oxygen atoms in total. The van der Waals surface area contributed by atoms with Gasteiger partial charge in [0.1, 0.15) is 11.3 Å². The molecule has 3 aromatic rings. The van der Waals surface area contributed by atoms with E-state index in [1.807, 2.05) is 0 Å². The molecule has 1 heterocycles. The Balaban J connectivity index is 2.00. The van der Waals surface area contributed by atoms with Crippen LogP contribution in [0.2, 0.25) is 0 Å². The monoisotopic (exact) mass is 395 g/mol. The number of carbonyl (C=O) groups is 2. The van der Waals surface area contributed by atoms with Crippen molar-refractivity contribution in [2.75, 3.05) is 19.1 Å². The number of aromatic hydroxyl groups is 1. The zero-order valence-corrected chi connectivity index (χ0v) is 16.6. The summed E-state index contributed by atoms with van der Waals surface area (Å²) in [5, 5.41) is 10.5. The quantitative estimate of drug-likeness (QED) is 0.539. The second-order valence-electron chi connectivity index (χ2n) is 6.72. The number of benzene rings is 2. The van der Waals surface area contributed by atoms with Crippen molar-refractivity contribution in [3.05, 3.63) is 69.1 Å². The highest BCUT2D eigenvalue weighted by atomic mass is 16.5. The maximum atomic E-state index is 12.9. The SMILES string of the molecule is COC(=O)c1ccccc1N(C)C(=O)Cc1c(C)c2ccc(O)c(C)c2oc1=O. The highest BCUT2D eigenvalue weighted by molar-refractivity contribution is 6.03. The summed E-state index contributed by atoms with van der Waals surface area (Å²) >= 11 is 0. The second kappa shape index (κ2) is 7.79. The number of likely N-dealkylation sites (N-methyl/N-ethyl adjacent to an activating group) is 1. The van der Waals surface area contributed by atoms with Crippen molar-refractivity contribution in [1.82, 2.24) is 0 Å². The van der Waals surface area contributed by atoms with Crippen LogP contribution < -0.4 is 10.5 Å². The standard InChI is InChI=1S/C22H21NO6/c1-12-14-9-10-18(24)13(2)20(14)29-22(27)16(12)11-19(25)23(3)17-8-6-5-7-15(17)21(26)28-4/h5-10,24H,11H2,1-4H3. The number of nitrogens with zero attached hydrogens (tertiary/aromatic N) is 1. The van der Waals surface area contributed by atoms with E-state index in [1.54, 1.807) is 44.2 Å². The van der Waals surface area contributed by atoms with Gasteiger partial charge in [0, 0.05) is 18.0 Å². The van der Waals surface area contributed by atoms with Crippen molar-refractivity contribution in [1.29, 1.82) is 0 Å². The maximum Gasteiger partial charge on any atom is 0.340 e. The highest BCUT2D eigenvalue weighted by Crippen LogP contribution is 2.29. The topological polar surface area (TPSA) is 97.1 Å². The van der Waals surface area contributed by atoms with Crippen LogP contribution in [0.1, 0.15) is 27.0 Å². The van der Waals surface area contributed by atoms with E-state index in [4.69, 9.17) is 9.15 Å². The molecule has 0 radical (unpaired) electrons. The van der Waals surface area contributed by atoms with E-state index in [-0.39, 0.29) is 29.2 Å². The van der Waals surface area contributed by atoms with Crippen LogP contribution in [0, 0.1) is 13.8 Å². The number of phenolic OH excluding ortho intramolecular Hbond substituents is 1. The van der Waals surface area contributed by atoms with E-state index in [1.165, 1.54) is 25.1 Å². The van der Waals surface area contributed by atoms with E-state index in [0.29, 0.717) is 27.8 Å². The number of rotatable bonds is 4. The van der Waals surface area contributed by atoms with Gasteiger partial charge in [-0.1, -0.05) is 12.1 Å². The number of carbonyl (C=O) groups excluding carboxylic acids is 2. The van der Waals surface area contributed by atoms with Gasteiger partial charge in [-0.2, -0.15) is 0 Å². The number of amides is 1. The van der Waals surface area contributed by atoms with Crippen LogP contribution in [0.25, 0.3) is 11.0 Å². The average Bonchev–Trinajstić information content (AvgIpc) is 2.72. The summed E-state index contributed by atoms with van der Waals surface area (Å²) in [6.45, 7) is 3.39. The first kappa shape index (κ1) is 20.1.